The Morgan fingerprint density at radius 1 is 1.13 bits per heavy atom. The van der Waals surface area contributed by atoms with E-state index in [1.165, 1.54) is 23.2 Å². The fourth-order valence-corrected chi connectivity index (χ4v) is 6.43. The van der Waals surface area contributed by atoms with E-state index < -0.39 is 35.3 Å². The van der Waals surface area contributed by atoms with Crippen LogP contribution in [0.25, 0.3) is 0 Å². The molecule has 1 amide bonds. The summed E-state index contributed by atoms with van der Waals surface area (Å²) in [6, 6.07) is 24.7. The van der Waals surface area contributed by atoms with Gasteiger partial charge in [0, 0.05) is 19.2 Å². The van der Waals surface area contributed by atoms with Crippen LogP contribution in [0.1, 0.15) is 54.4 Å². The minimum Gasteiger partial charge on any atom is -0.384 e. The number of aromatic nitrogens is 1. The maximum atomic E-state index is 15.4. The fraction of sp³-hybridized carbons (Fsp3) is 0.306. The van der Waals surface area contributed by atoms with Crippen LogP contribution in [-0.4, -0.2) is 44.9 Å². The average Bonchev–Trinajstić information content (AvgIpc) is 3.85. The standard InChI is InChI=1S/C36H36ClFN6O3/c37-28-12-14-32(41-21-28)43-34(46)44-22-35(47,25-6-2-1-3-7-25)19-31(44)33(45)42-30-18-27(11-13-29(30)38)36(40,16-15-23-9-10-23)26-8-4-5-24(17-26)20-39/h1-8,11-14,17-18,21,23,31,34,46-47H,9-10,15-16,19,22,40H2,(H,41,43)(H,42,45)/t31-,34?,35-,36?/m1/s1. The van der Waals surface area contributed by atoms with Crippen LogP contribution >= 0.6 is 11.6 Å². The van der Waals surface area contributed by atoms with Crippen molar-refractivity contribution in [2.24, 2.45) is 11.7 Å². The maximum Gasteiger partial charge on any atom is 0.242 e. The second-order valence-corrected chi connectivity index (χ2v) is 12.9. The summed E-state index contributed by atoms with van der Waals surface area (Å²) < 4.78 is 15.4. The third-order valence-corrected chi connectivity index (χ3v) is 9.42. The highest BCUT2D eigenvalue weighted by Gasteiger charge is 2.49. The summed E-state index contributed by atoms with van der Waals surface area (Å²) in [5.41, 5.74) is 6.86. The number of halogens is 2. The highest BCUT2D eigenvalue weighted by atomic mass is 35.5. The molecule has 1 aromatic heterocycles. The summed E-state index contributed by atoms with van der Waals surface area (Å²) in [6.07, 6.45) is 3.64. The van der Waals surface area contributed by atoms with Gasteiger partial charge >= 0.3 is 0 Å². The van der Waals surface area contributed by atoms with Crippen molar-refractivity contribution in [3.05, 3.63) is 124 Å². The number of carbonyl (C=O) groups is 1. The van der Waals surface area contributed by atoms with Crippen molar-refractivity contribution in [2.75, 3.05) is 17.2 Å². The molecule has 1 saturated heterocycles. The minimum atomic E-state index is -1.49. The first-order valence-electron chi connectivity index (χ1n) is 15.6. The number of pyridine rings is 1. The highest BCUT2D eigenvalue weighted by molar-refractivity contribution is 6.30. The third kappa shape index (κ3) is 7.15. The Morgan fingerprint density at radius 2 is 1.89 bits per heavy atom. The zero-order valence-electron chi connectivity index (χ0n) is 25.6. The van der Waals surface area contributed by atoms with E-state index in [0.717, 1.165) is 24.8 Å². The molecule has 0 spiro atoms. The van der Waals surface area contributed by atoms with E-state index >= 15 is 4.39 Å². The number of nitrogens with zero attached hydrogens (tertiary/aromatic N) is 3. The number of rotatable bonds is 11. The molecule has 2 aliphatic rings. The van der Waals surface area contributed by atoms with Crippen molar-refractivity contribution in [2.45, 2.75) is 55.6 Å². The Labute approximate surface area is 277 Å². The lowest BCUT2D eigenvalue weighted by Gasteiger charge is -2.32. The minimum absolute atomic E-state index is 0.0693. The van der Waals surface area contributed by atoms with Crippen molar-refractivity contribution in [3.8, 4) is 6.07 Å². The number of hydrogen-bond acceptors (Lipinski definition) is 8. The topological polar surface area (TPSA) is 148 Å². The smallest absolute Gasteiger partial charge is 0.242 e. The summed E-state index contributed by atoms with van der Waals surface area (Å²) >= 11 is 5.96. The third-order valence-electron chi connectivity index (χ3n) is 9.20. The number of anilines is 2. The lowest BCUT2D eigenvalue weighted by atomic mass is 9.79. The summed E-state index contributed by atoms with van der Waals surface area (Å²) in [5.74, 6) is -0.397. The van der Waals surface area contributed by atoms with Crippen LogP contribution in [0.2, 0.25) is 5.02 Å². The van der Waals surface area contributed by atoms with E-state index in [0.29, 0.717) is 39.9 Å². The molecule has 9 nitrogen and oxygen atoms in total. The van der Waals surface area contributed by atoms with Crippen LogP contribution in [-0.2, 0) is 15.9 Å². The second kappa shape index (κ2) is 13.4. The number of nitriles is 1. The largest absolute Gasteiger partial charge is 0.384 e. The van der Waals surface area contributed by atoms with Gasteiger partial charge < -0.3 is 26.6 Å². The summed E-state index contributed by atoms with van der Waals surface area (Å²) in [5, 5.41) is 38.5. The summed E-state index contributed by atoms with van der Waals surface area (Å²) in [7, 11) is 0. The van der Waals surface area contributed by atoms with E-state index in [1.54, 1.807) is 60.7 Å². The Bertz CT molecular complexity index is 1780. The maximum absolute atomic E-state index is 15.4. The van der Waals surface area contributed by atoms with Gasteiger partial charge in [-0.3, -0.25) is 4.79 Å². The number of aliphatic hydroxyl groups is 2. The van der Waals surface area contributed by atoms with Crippen molar-refractivity contribution >= 4 is 29.0 Å². The molecule has 4 aromatic rings. The first kappa shape index (κ1) is 32.6. The number of carbonyl (C=O) groups excluding carboxylic acids is 1. The van der Waals surface area contributed by atoms with E-state index in [1.807, 2.05) is 12.1 Å². The van der Waals surface area contributed by atoms with Crippen LogP contribution in [0.15, 0.2) is 91.1 Å². The van der Waals surface area contributed by atoms with Gasteiger partial charge in [-0.1, -0.05) is 73.0 Å². The van der Waals surface area contributed by atoms with Gasteiger partial charge in [-0.2, -0.15) is 5.26 Å². The number of nitrogens with two attached hydrogens (primary N) is 1. The van der Waals surface area contributed by atoms with E-state index in [4.69, 9.17) is 17.3 Å². The van der Waals surface area contributed by atoms with E-state index in [2.05, 4.69) is 21.7 Å². The van der Waals surface area contributed by atoms with Gasteiger partial charge in [0.2, 0.25) is 5.91 Å². The molecule has 0 radical (unpaired) electrons. The molecule has 1 aliphatic heterocycles. The van der Waals surface area contributed by atoms with Crippen molar-refractivity contribution in [1.29, 1.82) is 5.26 Å². The molecule has 0 bridgehead atoms. The van der Waals surface area contributed by atoms with Crippen LogP contribution in [0.5, 0.6) is 0 Å². The van der Waals surface area contributed by atoms with Gasteiger partial charge in [-0.15, -0.1) is 0 Å². The van der Waals surface area contributed by atoms with Crippen LogP contribution in [0.4, 0.5) is 15.9 Å². The Hall–Kier alpha value is -4.37. The molecule has 2 fully saturated rings. The number of benzene rings is 3. The Morgan fingerprint density at radius 3 is 2.60 bits per heavy atom. The van der Waals surface area contributed by atoms with Gasteiger partial charge in [0.1, 0.15) is 17.2 Å². The predicted molar refractivity (Wildman–Crippen MR) is 177 cm³/mol. The molecule has 6 rings (SSSR count). The molecule has 11 heteroatoms. The van der Waals surface area contributed by atoms with Crippen molar-refractivity contribution < 1.29 is 19.4 Å². The van der Waals surface area contributed by atoms with Gasteiger partial charge in [0.25, 0.3) is 0 Å². The first-order chi connectivity index (χ1) is 22.6. The molecule has 1 saturated carbocycles. The zero-order chi connectivity index (χ0) is 33.2. The molecule has 2 heterocycles. The molecule has 47 heavy (non-hydrogen) atoms. The monoisotopic (exact) mass is 654 g/mol. The lowest BCUT2D eigenvalue weighted by Crippen LogP contribution is -2.49. The number of nitrogens with one attached hydrogen (secondary N) is 2. The number of amides is 1. The van der Waals surface area contributed by atoms with Crippen LogP contribution in [0.3, 0.4) is 0 Å². The second-order valence-electron chi connectivity index (χ2n) is 12.5. The average molecular weight is 655 g/mol. The molecule has 242 valence electrons. The molecule has 2 unspecified atom stereocenters. The van der Waals surface area contributed by atoms with Crippen molar-refractivity contribution in [1.82, 2.24) is 9.88 Å². The van der Waals surface area contributed by atoms with E-state index in [-0.39, 0.29) is 18.7 Å². The molecule has 1 aliphatic carbocycles. The SMILES string of the molecule is N#Cc1cccc(C(N)(CCC2CC2)c2ccc(F)c(NC(=O)[C@H]3C[C@](O)(c4ccccc4)CN3C(O)Nc3ccc(Cl)cn3)c2)c1. The predicted octanol–water partition coefficient (Wildman–Crippen LogP) is 5.43. The molecule has 6 N–H and O–H groups in total. The van der Waals surface area contributed by atoms with Crippen LogP contribution < -0.4 is 16.4 Å². The van der Waals surface area contributed by atoms with Gasteiger partial charge in [-0.25, -0.2) is 14.3 Å². The zero-order valence-corrected chi connectivity index (χ0v) is 26.4. The normalized spacial score (nSPS) is 21.4. The number of hydrogen-bond donors (Lipinski definition) is 5. The van der Waals surface area contributed by atoms with Gasteiger partial charge in [0.15, 0.2) is 6.35 Å². The number of likely N-dealkylation sites (tertiary alicyclic amines) is 1. The first-order valence-corrected chi connectivity index (χ1v) is 16.0. The Kier molecular flexibility index (Phi) is 9.28. The number of aliphatic hydroxyl groups excluding tert-OH is 1. The fourth-order valence-electron chi connectivity index (χ4n) is 6.32. The quantitative estimate of drug-likeness (QED) is 0.135. The Balaban J connectivity index is 1.30. The number of β-amino-alcohol motifs (C(OH)–C–C–N with tert-alkyl or cyclic N) is 1. The molecule has 4 atom stereocenters. The van der Waals surface area contributed by atoms with Gasteiger partial charge in [0.05, 0.1) is 33.9 Å². The summed E-state index contributed by atoms with van der Waals surface area (Å²) in [4.78, 5) is 19.5. The molecular formula is C36H36ClFN6O3. The van der Waals surface area contributed by atoms with E-state index in [9.17, 15) is 20.3 Å². The molecule has 3 aromatic carbocycles. The highest BCUT2D eigenvalue weighted by Crippen LogP contribution is 2.41. The van der Waals surface area contributed by atoms with Gasteiger partial charge in [-0.05, 0) is 71.8 Å². The summed E-state index contributed by atoms with van der Waals surface area (Å²) in [6.45, 7) is -0.0955. The van der Waals surface area contributed by atoms with Crippen molar-refractivity contribution in [3.63, 3.8) is 0 Å². The van der Waals surface area contributed by atoms with Crippen LogP contribution in [0, 0.1) is 23.1 Å². The lowest BCUT2D eigenvalue weighted by molar-refractivity contribution is -0.123. The molecular weight excluding hydrogens is 619 g/mol.